The Bertz CT molecular complexity index is 882. The standard InChI is InChI=1S/C16H21N7O2/c1-9-10(2)19-16-17-8-18-23(16)14(9)21-13(12-4-6-24-7-5-12)15-20-11(3)22-25-15/h8,12-13,21H,4-7H2,1-3H3/t13-/m1/s1. The molecule has 1 N–H and O–H groups in total. The molecule has 0 radical (unpaired) electrons. The second-order valence-electron chi connectivity index (χ2n) is 6.39. The molecule has 3 aromatic rings. The van der Waals surface area contributed by atoms with Gasteiger partial charge in [-0.05, 0) is 39.5 Å². The van der Waals surface area contributed by atoms with E-state index < -0.39 is 0 Å². The van der Waals surface area contributed by atoms with Crippen LogP contribution in [0.2, 0.25) is 0 Å². The quantitative estimate of drug-likeness (QED) is 0.767. The zero-order valence-corrected chi connectivity index (χ0v) is 14.6. The molecule has 1 saturated heterocycles. The molecule has 4 rings (SSSR count). The first kappa shape index (κ1) is 15.9. The van der Waals surface area contributed by atoms with Gasteiger partial charge in [0.05, 0.1) is 0 Å². The van der Waals surface area contributed by atoms with E-state index >= 15 is 0 Å². The molecule has 0 aliphatic carbocycles. The number of aromatic nitrogens is 6. The third kappa shape index (κ3) is 2.95. The number of nitrogens with zero attached hydrogens (tertiary/aromatic N) is 6. The lowest BCUT2D eigenvalue weighted by atomic mass is 9.91. The first-order valence-electron chi connectivity index (χ1n) is 8.45. The summed E-state index contributed by atoms with van der Waals surface area (Å²) in [4.78, 5) is 13.1. The van der Waals surface area contributed by atoms with Crippen molar-refractivity contribution in [3.63, 3.8) is 0 Å². The van der Waals surface area contributed by atoms with E-state index in [0.717, 1.165) is 43.1 Å². The maximum absolute atomic E-state index is 5.51. The summed E-state index contributed by atoms with van der Waals surface area (Å²) in [7, 11) is 0. The molecule has 0 saturated carbocycles. The number of rotatable bonds is 4. The summed E-state index contributed by atoms with van der Waals surface area (Å²) in [5, 5.41) is 11.9. The van der Waals surface area contributed by atoms with Gasteiger partial charge in [0.25, 0.3) is 5.78 Å². The normalized spacial score (nSPS) is 17.1. The molecule has 132 valence electrons. The van der Waals surface area contributed by atoms with Gasteiger partial charge < -0.3 is 14.6 Å². The molecule has 0 aromatic carbocycles. The monoisotopic (exact) mass is 343 g/mol. The average Bonchev–Trinajstić information content (AvgIpc) is 3.25. The van der Waals surface area contributed by atoms with Crippen molar-refractivity contribution in [3.05, 3.63) is 29.3 Å². The SMILES string of the molecule is Cc1noc([C@H](Nc2c(C)c(C)nc3ncnn23)C2CCOCC2)n1. The van der Waals surface area contributed by atoms with Crippen LogP contribution in [0.25, 0.3) is 5.78 Å². The highest BCUT2D eigenvalue weighted by Crippen LogP contribution is 2.33. The summed E-state index contributed by atoms with van der Waals surface area (Å²) in [5.41, 5.74) is 1.93. The number of hydrogen-bond acceptors (Lipinski definition) is 8. The van der Waals surface area contributed by atoms with Gasteiger partial charge in [-0.2, -0.15) is 19.6 Å². The molecule has 9 nitrogen and oxygen atoms in total. The Morgan fingerprint density at radius 2 is 2.00 bits per heavy atom. The van der Waals surface area contributed by atoms with E-state index in [2.05, 4.69) is 30.5 Å². The zero-order chi connectivity index (χ0) is 17.4. The summed E-state index contributed by atoms with van der Waals surface area (Å²) in [6.45, 7) is 7.29. The highest BCUT2D eigenvalue weighted by atomic mass is 16.5. The Labute approximate surface area is 144 Å². The van der Waals surface area contributed by atoms with Crippen LogP contribution >= 0.6 is 0 Å². The van der Waals surface area contributed by atoms with E-state index in [-0.39, 0.29) is 6.04 Å². The zero-order valence-electron chi connectivity index (χ0n) is 14.6. The van der Waals surface area contributed by atoms with Crippen molar-refractivity contribution in [3.8, 4) is 0 Å². The lowest BCUT2D eigenvalue weighted by Gasteiger charge is -2.29. The second-order valence-corrected chi connectivity index (χ2v) is 6.39. The highest BCUT2D eigenvalue weighted by molar-refractivity contribution is 5.52. The number of aryl methyl sites for hydroxylation is 2. The first-order valence-corrected chi connectivity index (χ1v) is 8.45. The highest BCUT2D eigenvalue weighted by Gasteiger charge is 2.31. The molecular formula is C16H21N7O2. The maximum Gasteiger partial charge on any atom is 0.254 e. The molecule has 0 unspecified atom stereocenters. The van der Waals surface area contributed by atoms with Crippen LogP contribution in [-0.2, 0) is 4.74 Å². The smallest absolute Gasteiger partial charge is 0.254 e. The van der Waals surface area contributed by atoms with Crippen LogP contribution in [-0.4, -0.2) is 42.9 Å². The van der Waals surface area contributed by atoms with Crippen molar-refractivity contribution in [1.29, 1.82) is 0 Å². The summed E-state index contributed by atoms with van der Waals surface area (Å²) >= 11 is 0. The summed E-state index contributed by atoms with van der Waals surface area (Å²) in [6, 6.07) is -0.113. The Balaban J connectivity index is 1.76. The van der Waals surface area contributed by atoms with Gasteiger partial charge in [-0.3, -0.25) is 0 Å². The number of fused-ring (bicyclic) bond motifs is 1. The summed E-state index contributed by atoms with van der Waals surface area (Å²) < 4.78 is 12.7. The molecule has 1 fully saturated rings. The van der Waals surface area contributed by atoms with Gasteiger partial charge in [0.1, 0.15) is 18.2 Å². The lowest BCUT2D eigenvalue weighted by molar-refractivity contribution is 0.0570. The molecule has 25 heavy (non-hydrogen) atoms. The van der Waals surface area contributed by atoms with Gasteiger partial charge in [-0.25, -0.2) is 4.98 Å². The van der Waals surface area contributed by atoms with Crippen molar-refractivity contribution < 1.29 is 9.26 Å². The molecule has 3 aromatic heterocycles. The second kappa shape index (κ2) is 6.40. The molecule has 1 aliphatic heterocycles. The van der Waals surface area contributed by atoms with Gasteiger partial charge in [0.2, 0.25) is 5.89 Å². The molecule has 1 aliphatic rings. The molecule has 1 atom stereocenters. The van der Waals surface area contributed by atoms with Crippen molar-refractivity contribution in [1.82, 2.24) is 29.7 Å². The molecule has 0 amide bonds. The molecule has 0 spiro atoms. The Morgan fingerprint density at radius 1 is 1.20 bits per heavy atom. The van der Waals surface area contributed by atoms with Gasteiger partial charge in [0.15, 0.2) is 5.82 Å². The number of ether oxygens (including phenoxy) is 1. The van der Waals surface area contributed by atoms with Crippen LogP contribution in [0.5, 0.6) is 0 Å². The Kier molecular flexibility index (Phi) is 4.08. The largest absolute Gasteiger partial charge is 0.381 e. The van der Waals surface area contributed by atoms with E-state index in [4.69, 9.17) is 9.26 Å². The van der Waals surface area contributed by atoms with Crippen LogP contribution in [0.4, 0.5) is 5.82 Å². The fraction of sp³-hybridized carbons (Fsp3) is 0.562. The third-order valence-electron chi connectivity index (χ3n) is 4.75. The van der Waals surface area contributed by atoms with Crippen molar-refractivity contribution in [2.75, 3.05) is 18.5 Å². The Morgan fingerprint density at radius 3 is 2.72 bits per heavy atom. The summed E-state index contributed by atoms with van der Waals surface area (Å²) in [6.07, 6.45) is 3.37. The minimum absolute atomic E-state index is 0.113. The third-order valence-corrected chi connectivity index (χ3v) is 4.75. The molecular weight excluding hydrogens is 322 g/mol. The average molecular weight is 343 g/mol. The minimum Gasteiger partial charge on any atom is -0.381 e. The topological polar surface area (TPSA) is 103 Å². The van der Waals surface area contributed by atoms with Crippen LogP contribution in [0.3, 0.4) is 0 Å². The van der Waals surface area contributed by atoms with E-state index in [1.807, 2.05) is 20.8 Å². The minimum atomic E-state index is -0.113. The fourth-order valence-corrected chi connectivity index (χ4v) is 3.22. The van der Waals surface area contributed by atoms with Crippen molar-refractivity contribution in [2.45, 2.75) is 39.7 Å². The maximum atomic E-state index is 5.51. The van der Waals surface area contributed by atoms with Gasteiger partial charge in [-0.15, -0.1) is 0 Å². The predicted octanol–water partition coefficient (Wildman–Crippen LogP) is 2.01. The van der Waals surface area contributed by atoms with E-state index in [1.165, 1.54) is 6.33 Å². The number of nitrogens with one attached hydrogen (secondary N) is 1. The predicted molar refractivity (Wildman–Crippen MR) is 89.2 cm³/mol. The van der Waals surface area contributed by atoms with Crippen LogP contribution in [0.15, 0.2) is 10.9 Å². The first-order chi connectivity index (χ1) is 12.1. The van der Waals surface area contributed by atoms with Crippen LogP contribution < -0.4 is 5.32 Å². The number of anilines is 1. The van der Waals surface area contributed by atoms with Crippen molar-refractivity contribution in [2.24, 2.45) is 5.92 Å². The van der Waals surface area contributed by atoms with Gasteiger partial charge >= 0.3 is 0 Å². The van der Waals surface area contributed by atoms with E-state index in [0.29, 0.717) is 23.4 Å². The lowest BCUT2D eigenvalue weighted by Crippen LogP contribution is -2.28. The fourth-order valence-electron chi connectivity index (χ4n) is 3.22. The van der Waals surface area contributed by atoms with Crippen molar-refractivity contribution >= 4 is 11.6 Å². The molecule has 4 heterocycles. The summed E-state index contributed by atoms with van der Waals surface area (Å²) in [5.74, 6) is 2.97. The van der Waals surface area contributed by atoms with Gasteiger partial charge in [0, 0.05) is 24.5 Å². The van der Waals surface area contributed by atoms with E-state index in [1.54, 1.807) is 4.52 Å². The van der Waals surface area contributed by atoms with Gasteiger partial charge in [-0.1, -0.05) is 5.16 Å². The molecule has 9 heteroatoms. The Hall–Kier alpha value is -2.55. The van der Waals surface area contributed by atoms with Crippen LogP contribution in [0.1, 0.15) is 41.9 Å². The van der Waals surface area contributed by atoms with Crippen LogP contribution in [0, 0.1) is 26.7 Å². The van der Waals surface area contributed by atoms with E-state index in [9.17, 15) is 0 Å². The molecule has 0 bridgehead atoms. The number of hydrogen-bond donors (Lipinski definition) is 1.